The van der Waals surface area contributed by atoms with Crippen LogP contribution in [0.1, 0.15) is 39.0 Å². The summed E-state index contributed by atoms with van der Waals surface area (Å²) in [6, 6.07) is 0.675. The molecule has 1 saturated carbocycles. The summed E-state index contributed by atoms with van der Waals surface area (Å²) < 4.78 is 5.51. The summed E-state index contributed by atoms with van der Waals surface area (Å²) in [6.45, 7) is 5.25. The van der Waals surface area contributed by atoms with Crippen LogP contribution in [0.5, 0.6) is 0 Å². The van der Waals surface area contributed by atoms with Gasteiger partial charge in [-0.25, -0.2) is 0 Å². The van der Waals surface area contributed by atoms with Gasteiger partial charge in [-0.05, 0) is 37.5 Å². The molecule has 1 saturated heterocycles. The summed E-state index contributed by atoms with van der Waals surface area (Å²) in [7, 11) is 0. The quantitative estimate of drug-likeness (QED) is 0.758. The summed E-state index contributed by atoms with van der Waals surface area (Å²) in [6.07, 6.45) is 7.15. The lowest BCUT2D eigenvalue weighted by Gasteiger charge is -2.23. The second-order valence-corrected chi connectivity index (χ2v) is 6.55. The van der Waals surface area contributed by atoms with E-state index in [2.05, 4.69) is 24.0 Å². The number of nitrogens with one attached hydrogen (secondary N) is 1. The molecule has 0 aromatic rings. The summed E-state index contributed by atoms with van der Waals surface area (Å²) in [5.74, 6) is 4.43. The van der Waals surface area contributed by atoms with Crippen molar-refractivity contribution in [3.8, 4) is 0 Å². The van der Waals surface area contributed by atoms with Crippen molar-refractivity contribution in [2.45, 2.75) is 45.1 Å². The highest BCUT2D eigenvalue weighted by atomic mass is 32.2. The lowest BCUT2D eigenvalue weighted by Crippen LogP contribution is -2.38. The molecule has 0 bridgehead atoms. The molecule has 0 amide bonds. The van der Waals surface area contributed by atoms with E-state index in [1.807, 2.05) is 0 Å². The summed E-state index contributed by atoms with van der Waals surface area (Å²) in [4.78, 5) is 0. The van der Waals surface area contributed by atoms with Crippen LogP contribution in [0.4, 0.5) is 0 Å². The molecule has 1 heterocycles. The third kappa shape index (κ3) is 4.46. The molecule has 0 radical (unpaired) electrons. The van der Waals surface area contributed by atoms with Crippen LogP contribution in [0.3, 0.4) is 0 Å². The largest absolute Gasteiger partial charge is 0.381 e. The van der Waals surface area contributed by atoms with Crippen molar-refractivity contribution < 1.29 is 4.74 Å². The predicted octanol–water partition coefficient (Wildman–Crippen LogP) is 2.92. The first-order valence-corrected chi connectivity index (χ1v) is 8.44. The molecule has 0 aromatic carbocycles. The van der Waals surface area contributed by atoms with Crippen molar-refractivity contribution in [3.63, 3.8) is 0 Å². The molecule has 2 fully saturated rings. The van der Waals surface area contributed by atoms with Gasteiger partial charge in [0.05, 0.1) is 6.61 Å². The molecule has 2 atom stereocenters. The molecule has 1 aliphatic carbocycles. The van der Waals surface area contributed by atoms with E-state index in [9.17, 15) is 0 Å². The lowest BCUT2D eigenvalue weighted by atomic mass is 10.0. The first-order chi connectivity index (χ1) is 8.40. The third-order valence-corrected chi connectivity index (χ3v) is 5.43. The summed E-state index contributed by atoms with van der Waals surface area (Å²) >= 11 is 2.17. The van der Waals surface area contributed by atoms with Crippen LogP contribution in [0.2, 0.25) is 0 Å². The minimum Gasteiger partial charge on any atom is -0.381 e. The number of hydrogen-bond donors (Lipinski definition) is 1. The standard InChI is InChI=1S/C14H27NOS/c1-2-15-14(13-7-8-16-9-13)11-17-10-12-5-3-4-6-12/h12-15H,2-11H2,1H3. The molecular weight excluding hydrogens is 230 g/mol. The molecule has 17 heavy (non-hydrogen) atoms. The molecule has 1 N–H and O–H groups in total. The van der Waals surface area contributed by atoms with E-state index in [1.54, 1.807) is 0 Å². The van der Waals surface area contributed by atoms with Crippen LogP contribution in [-0.4, -0.2) is 37.3 Å². The average molecular weight is 257 g/mol. The average Bonchev–Trinajstić information content (AvgIpc) is 3.01. The number of rotatable bonds is 7. The zero-order chi connectivity index (χ0) is 11.9. The molecule has 3 heteroatoms. The highest BCUT2D eigenvalue weighted by Gasteiger charge is 2.25. The monoisotopic (exact) mass is 257 g/mol. The molecular formula is C14H27NOS. The molecule has 2 rings (SSSR count). The van der Waals surface area contributed by atoms with E-state index in [-0.39, 0.29) is 0 Å². The first kappa shape index (κ1) is 13.7. The van der Waals surface area contributed by atoms with Gasteiger partial charge in [-0.1, -0.05) is 19.8 Å². The Labute approximate surface area is 110 Å². The van der Waals surface area contributed by atoms with Crippen molar-refractivity contribution >= 4 is 11.8 Å². The zero-order valence-electron chi connectivity index (χ0n) is 11.1. The van der Waals surface area contributed by atoms with Gasteiger partial charge in [0, 0.05) is 24.3 Å². The number of ether oxygens (including phenoxy) is 1. The van der Waals surface area contributed by atoms with Gasteiger partial charge in [0.15, 0.2) is 0 Å². The smallest absolute Gasteiger partial charge is 0.0510 e. The van der Waals surface area contributed by atoms with Gasteiger partial charge < -0.3 is 10.1 Å². The Morgan fingerprint density at radius 1 is 1.29 bits per heavy atom. The van der Waals surface area contributed by atoms with Crippen LogP contribution in [0, 0.1) is 11.8 Å². The Bertz CT molecular complexity index is 200. The van der Waals surface area contributed by atoms with Gasteiger partial charge in [0.1, 0.15) is 0 Å². The lowest BCUT2D eigenvalue weighted by molar-refractivity contribution is 0.179. The van der Waals surface area contributed by atoms with E-state index in [0.29, 0.717) is 6.04 Å². The van der Waals surface area contributed by atoms with Crippen molar-refractivity contribution in [2.24, 2.45) is 11.8 Å². The number of thioether (sulfide) groups is 1. The molecule has 2 aliphatic rings. The molecule has 2 nitrogen and oxygen atoms in total. The van der Waals surface area contributed by atoms with Crippen LogP contribution in [0.15, 0.2) is 0 Å². The van der Waals surface area contributed by atoms with Gasteiger partial charge in [-0.2, -0.15) is 11.8 Å². The summed E-state index contributed by atoms with van der Waals surface area (Å²) in [5, 5.41) is 3.65. The van der Waals surface area contributed by atoms with Crippen molar-refractivity contribution in [3.05, 3.63) is 0 Å². The normalized spacial score (nSPS) is 27.7. The third-order valence-electron chi connectivity index (χ3n) is 4.13. The second kappa shape index (κ2) is 7.65. The van der Waals surface area contributed by atoms with Gasteiger partial charge in [0.2, 0.25) is 0 Å². The Morgan fingerprint density at radius 3 is 2.76 bits per heavy atom. The van der Waals surface area contributed by atoms with Gasteiger partial charge in [-0.3, -0.25) is 0 Å². The van der Waals surface area contributed by atoms with Gasteiger partial charge in [0.25, 0.3) is 0 Å². The van der Waals surface area contributed by atoms with Gasteiger partial charge in [-0.15, -0.1) is 0 Å². The highest BCUT2D eigenvalue weighted by molar-refractivity contribution is 7.99. The maximum atomic E-state index is 5.51. The molecule has 0 aromatic heterocycles. The van der Waals surface area contributed by atoms with Crippen molar-refractivity contribution in [2.75, 3.05) is 31.3 Å². The molecule has 2 unspecified atom stereocenters. The van der Waals surface area contributed by atoms with Crippen LogP contribution in [0.25, 0.3) is 0 Å². The van der Waals surface area contributed by atoms with Gasteiger partial charge >= 0.3 is 0 Å². The minimum absolute atomic E-state index is 0.675. The van der Waals surface area contributed by atoms with E-state index >= 15 is 0 Å². The summed E-state index contributed by atoms with van der Waals surface area (Å²) in [5.41, 5.74) is 0. The Morgan fingerprint density at radius 2 is 2.12 bits per heavy atom. The van der Waals surface area contributed by atoms with E-state index < -0.39 is 0 Å². The minimum atomic E-state index is 0.675. The topological polar surface area (TPSA) is 21.3 Å². The van der Waals surface area contributed by atoms with Crippen LogP contribution >= 0.6 is 11.8 Å². The Hall–Kier alpha value is 0.270. The fourth-order valence-electron chi connectivity index (χ4n) is 3.03. The fourth-order valence-corrected chi connectivity index (χ4v) is 4.48. The highest BCUT2D eigenvalue weighted by Crippen LogP contribution is 2.29. The van der Waals surface area contributed by atoms with Crippen LogP contribution in [-0.2, 0) is 4.74 Å². The Kier molecular flexibility index (Phi) is 6.16. The van der Waals surface area contributed by atoms with E-state index in [4.69, 9.17) is 4.74 Å². The Balaban J connectivity index is 1.65. The van der Waals surface area contributed by atoms with Crippen molar-refractivity contribution in [1.82, 2.24) is 5.32 Å². The molecule has 1 aliphatic heterocycles. The first-order valence-electron chi connectivity index (χ1n) is 7.29. The SMILES string of the molecule is CCNC(CSCC1CCCC1)C1CCOC1. The van der Waals surface area contributed by atoms with E-state index in [1.165, 1.54) is 43.6 Å². The second-order valence-electron chi connectivity index (χ2n) is 5.48. The van der Waals surface area contributed by atoms with Crippen molar-refractivity contribution in [1.29, 1.82) is 0 Å². The maximum absolute atomic E-state index is 5.51. The maximum Gasteiger partial charge on any atom is 0.0510 e. The predicted molar refractivity (Wildman–Crippen MR) is 75.7 cm³/mol. The fraction of sp³-hybridized carbons (Fsp3) is 1.00. The molecule has 0 spiro atoms. The number of hydrogen-bond acceptors (Lipinski definition) is 3. The van der Waals surface area contributed by atoms with Crippen LogP contribution < -0.4 is 5.32 Å². The van der Waals surface area contributed by atoms with E-state index in [0.717, 1.165) is 31.6 Å². The zero-order valence-corrected chi connectivity index (χ0v) is 11.9. The molecule has 100 valence electrons.